The molecular formula is C19H30O3. The van der Waals surface area contributed by atoms with Gasteiger partial charge >= 0.3 is 0 Å². The van der Waals surface area contributed by atoms with Gasteiger partial charge in [0.15, 0.2) is 5.78 Å². The Hall–Kier alpha value is -0.410. The van der Waals surface area contributed by atoms with Crippen LogP contribution in [0.3, 0.4) is 0 Å². The molecule has 0 spiro atoms. The second kappa shape index (κ2) is 4.80. The third kappa shape index (κ3) is 1.84. The summed E-state index contributed by atoms with van der Waals surface area (Å²) in [5.41, 5.74) is 0.0814. The zero-order chi connectivity index (χ0) is 15.7. The molecule has 0 saturated heterocycles. The zero-order valence-electron chi connectivity index (χ0n) is 13.9. The number of hydrogen-bond acceptors (Lipinski definition) is 3. The van der Waals surface area contributed by atoms with Crippen molar-refractivity contribution >= 4 is 5.78 Å². The van der Waals surface area contributed by atoms with Crippen LogP contribution in [0.2, 0.25) is 0 Å². The highest BCUT2D eigenvalue weighted by Crippen LogP contribution is 2.65. The van der Waals surface area contributed by atoms with E-state index in [0.29, 0.717) is 35.5 Å². The molecular weight excluding hydrogens is 276 g/mol. The van der Waals surface area contributed by atoms with Gasteiger partial charge in [-0.2, -0.15) is 0 Å². The van der Waals surface area contributed by atoms with Gasteiger partial charge in [-0.05, 0) is 80.5 Å². The smallest absolute Gasteiger partial charge is 0.167 e. The Bertz CT molecular complexity index is 489. The summed E-state index contributed by atoms with van der Waals surface area (Å²) in [6.07, 6.45) is 7.43. The van der Waals surface area contributed by atoms with Gasteiger partial charge in [0.05, 0.1) is 6.10 Å². The molecule has 124 valence electrons. The normalized spacial score (nSPS) is 57.9. The maximum atomic E-state index is 12.5. The minimum atomic E-state index is -0.715. The van der Waals surface area contributed by atoms with Gasteiger partial charge in [-0.1, -0.05) is 13.8 Å². The molecule has 0 amide bonds. The van der Waals surface area contributed by atoms with Crippen molar-refractivity contribution in [1.82, 2.24) is 0 Å². The first-order chi connectivity index (χ1) is 10.4. The summed E-state index contributed by atoms with van der Waals surface area (Å²) in [5, 5.41) is 20.2. The van der Waals surface area contributed by atoms with E-state index in [9.17, 15) is 15.0 Å². The number of hydrogen-bond donors (Lipinski definition) is 2. The van der Waals surface area contributed by atoms with Crippen molar-refractivity contribution in [1.29, 1.82) is 0 Å². The first kappa shape index (κ1) is 15.1. The van der Waals surface area contributed by atoms with Crippen LogP contribution >= 0.6 is 0 Å². The van der Waals surface area contributed by atoms with Crippen LogP contribution in [0.25, 0.3) is 0 Å². The Balaban J connectivity index is 1.64. The fourth-order valence-electron chi connectivity index (χ4n) is 7.02. The van der Waals surface area contributed by atoms with Crippen LogP contribution < -0.4 is 0 Å². The third-order valence-corrected chi connectivity index (χ3v) is 8.37. The van der Waals surface area contributed by atoms with Crippen LogP contribution in [0.5, 0.6) is 0 Å². The summed E-state index contributed by atoms with van der Waals surface area (Å²) in [6.45, 7) is 4.57. The third-order valence-electron chi connectivity index (χ3n) is 8.37. The van der Waals surface area contributed by atoms with E-state index in [1.165, 1.54) is 12.8 Å². The lowest BCUT2D eigenvalue weighted by Crippen LogP contribution is -2.54. The van der Waals surface area contributed by atoms with Gasteiger partial charge in [-0.15, -0.1) is 0 Å². The van der Waals surface area contributed by atoms with Crippen LogP contribution in [0.1, 0.15) is 65.2 Å². The highest BCUT2D eigenvalue weighted by molar-refractivity contribution is 5.91. The molecule has 2 N–H and O–H groups in total. The van der Waals surface area contributed by atoms with Crippen LogP contribution in [-0.2, 0) is 4.79 Å². The molecule has 3 heteroatoms. The van der Waals surface area contributed by atoms with Gasteiger partial charge in [0.1, 0.15) is 6.10 Å². The number of ketones is 1. The van der Waals surface area contributed by atoms with Gasteiger partial charge in [0.2, 0.25) is 0 Å². The number of carbonyl (C=O) groups excluding carboxylic acids is 1. The van der Waals surface area contributed by atoms with E-state index in [2.05, 4.69) is 13.8 Å². The topological polar surface area (TPSA) is 57.5 Å². The molecule has 0 bridgehead atoms. The van der Waals surface area contributed by atoms with E-state index in [-0.39, 0.29) is 17.3 Å². The number of aliphatic hydroxyl groups excluding tert-OH is 2. The van der Waals surface area contributed by atoms with Crippen molar-refractivity contribution in [2.45, 2.75) is 77.4 Å². The Morgan fingerprint density at radius 2 is 1.73 bits per heavy atom. The second-order valence-corrected chi connectivity index (χ2v) is 9.16. The molecule has 4 fully saturated rings. The van der Waals surface area contributed by atoms with Crippen molar-refractivity contribution in [3.05, 3.63) is 0 Å². The first-order valence-electron chi connectivity index (χ1n) is 9.26. The maximum absolute atomic E-state index is 12.5. The van der Waals surface area contributed by atoms with Gasteiger partial charge in [-0.3, -0.25) is 4.79 Å². The summed E-state index contributed by atoms with van der Waals surface area (Å²) >= 11 is 0. The van der Waals surface area contributed by atoms with Gasteiger partial charge in [-0.25, -0.2) is 0 Å². The van der Waals surface area contributed by atoms with Crippen molar-refractivity contribution in [3.63, 3.8) is 0 Å². The number of fused-ring (bicyclic) bond motifs is 5. The van der Waals surface area contributed by atoms with Gasteiger partial charge in [0, 0.05) is 5.41 Å². The molecule has 0 unspecified atom stereocenters. The molecule has 0 aliphatic heterocycles. The van der Waals surface area contributed by atoms with E-state index in [1.54, 1.807) is 0 Å². The summed E-state index contributed by atoms with van der Waals surface area (Å²) in [7, 11) is 0. The Morgan fingerprint density at radius 1 is 0.955 bits per heavy atom. The molecule has 4 saturated carbocycles. The van der Waals surface area contributed by atoms with Gasteiger partial charge < -0.3 is 10.2 Å². The standard InChI is InChI=1S/C19H30O3/c1-18-7-5-12(20)9-11(18)3-4-13-14(18)6-8-19(2)15(13)10-16(21)17(19)22/h11-16,20-21H,3-10H2,1-2H3/t11-,12-,13+,14-,15-,16+,18-,19-/m0/s1. The SMILES string of the molecule is C[C@]12CC[C@H](O)C[C@@H]1CC[C@@H]1[C@@H]2CC[C@]2(C)C(=O)[C@H](O)C[C@@H]12. The maximum Gasteiger partial charge on any atom is 0.167 e. The Kier molecular flexibility index (Phi) is 3.30. The summed E-state index contributed by atoms with van der Waals surface area (Å²) in [6, 6.07) is 0. The Labute approximate surface area is 133 Å². The molecule has 8 atom stereocenters. The fourth-order valence-corrected chi connectivity index (χ4v) is 7.02. The molecule has 3 nitrogen and oxygen atoms in total. The van der Waals surface area contributed by atoms with Gasteiger partial charge in [0.25, 0.3) is 0 Å². The molecule has 4 aliphatic rings. The number of aliphatic hydroxyl groups is 2. The minimum absolute atomic E-state index is 0.0987. The van der Waals surface area contributed by atoms with Crippen LogP contribution in [0.15, 0.2) is 0 Å². The summed E-state index contributed by atoms with van der Waals surface area (Å²) in [4.78, 5) is 12.5. The number of rotatable bonds is 0. The van der Waals surface area contributed by atoms with Crippen molar-refractivity contribution in [2.24, 2.45) is 34.5 Å². The monoisotopic (exact) mass is 306 g/mol. The lowest BCUT2D eigenvalue weighted by atomic mass is 9.45. The summed E-state index contributed by atoms with van der Waals surface area (Å²) < 4.78 is 0. The van der Waals surface area contributed by atoms with E-state index in [0.717, 1.165) is 32.1 Å². The average Bonchev–Trinajstić information content (AvgIpc) is 2.72. The molecule has 0 aromatic heterocycles. The first-order valence-corrected chi connectivity index (χ1v) is 9.26. The van der Waals surface area contributed by atoms with Crippen molar-refractivity contribution in [2.75, 3.05) is 0 Å². The number of Topliss-reactive ketones (excluding diaryl/α,β-unsaturated/α-hetero) is 1. The predicted molar refractivity (Wildman–Crippen MR) is 84.1 cm³/mol. The van der Waals surface area contributed by atoms with E-state index in [4.69, 9.17) is 0 Å². The van der Waals surface area contributed by atoms with E-state index in [1.807, 2.05) is 0 Å². The van der Waals surface area contributed by atoms with E-state index >= 15 is 0 Å². The highest BCUT2D eigenvalue weighted by Gasteiger charge is 2.62. The highest BCUT2D eigenvalue weighted by atomic mass is 16.3. The summed E-state index contributed by atoms with van der Waals surface area (Å²) in [5.74, 6) is 2.45. The predicted octanol–water partition coefficient (Wildman–Crippen LogP) is 2.93. The minimum Gasteiger partial charge on any atom is -0.393 e. The number of carbonyl (C=O) groups is 1. The lowest BCUT2D eigenvalue weighted by Gasteiger charge is -2.59. The molecule has 4 aliphatic carbocycles. The lowest BCUT2D eigenvalue weighted by molar-refractivity contribution is -0.144. The van der Waals surface area contributed by atoms with Crippen LogP contribution in [0, 0.1) is 34.5 Å². The van der Waals surface area contributed by atoms with Crippen molar-refractivity contribution < 1.29 is 15.0 Å². The van der Waals surface area contributed by atoms with Crippen LogP contribution in [0.4, 0.5) is 0 Å². The quantitative estimate of drug-likeness (QED) is 0.723. The largest absolute Gasteiger partial charge is 0.393 e. The average molecular weight is 306 g/mol. The van der Waals surface area contributed by atoms with Crippen molar-refractivity contribution in [3.8, 4) is 0 Å². The molecule has 0 radical (unpaired) electrons. The second-order valence-electron chi connectivity index (χ2n) is 9.16. The molecule has 0 aromatic rings. The molecule has 0 aromatic carbocycles. The van der Waals surface area contributed by atoms with E-state index < -0.39 is 6.10 Å². The molecule has 4 rings (SSSR count). The molecule has 0 heterocycles. The molecule has 22 heavy (non-hydrogen) atoms. The fraction of sp³-hybridized carbons (Fsp3) is 0.947. The Morgan fingerprint density at radius 3 is 2.50 bits per heavy atom. The van der Waals surface area contributed by atoms with Crippen LogP contribution in [-0.4, -0.2) is 28.2 Å². The zero-order valence-corrected chi connectivity index (χ0v) is 13.9.